The first-order valence-electron chi connectivity index (χ1n) is 18.8. The number of carbonyl (C=O) groups excluding carboxylic acids is 3. The summed E-state index contributed by atoms with van der Waals surface area (Å²) in [7, 11) is 0. The van der Waals surface area contributed by atoms with E-state index >= 15 is 0 Å². The van der Waals surface area contributed by atoms with E-state index in [4.69, 9.17) is 18.9 Å². The molecule has 0 amide bonds. The van der Waals surface area contributed by atoms with Gasteiger partial charge in [-0.1, -0.05) is 82.3 Å². The van der Waals surface area contributed by atoms with E-state index in [1.165, 1.54) is 12.8 Å². The van der Waals surface area contributed by atoms with Crippen LogP contribution in [0.2, 0.25) is 0 Å². The molecular formula is C44H54O7. The van der Waals surface area contributed by atoms with Crippen LogP contribution in [0.15, 0.2) is 84.9 Å². The van der Waals surface area contributed by atoms with Crippen molar-refractivity contribution in [3.8, 4) is 22.6 Å². The van der Waals surface area contributed by atoms with Crippen molar-refractivity contribution in [3.05, 3.63) is 96.1 Å². The lowest BCUT2D eigenvalue weighted by Crippen LogP contribution is -2.15. The Bertz CT molecular complexity index is 1660. The molecule has 0 spiro atoms. The molecule has 0 aromatic heterocycles. The molecule has 7 nitrogen and oxygen atoms in total. The first-order valence-corrected chi connectivity index (χ1v) is 18.8. The molecule has 0 saturated carbocycles. The average molecular weight is 695 g/mol. The normalized spacial score (nSPS) is 11.6. The minimum absolute atomic E-state index is 0.0822. The van der Waals surface area contributed by atoms with Crippen LogP contribution in [-0.2, 0) is 14.3 Å². The first-order chi connectivity index (χ1) is 24.9. The van der Waals surface area contributed by atoms with Gasteiger partial charge in [0.05, 0.1) is 30.4 Å². The quantitative estimate of drug-likeness (QED) is 0.0459. The predicted molar refractivity (Wildman–Crippen MR) is 203 cm³/mol. The summed E-state index contributed by atoms with van der Waals surface area (Å²) in [6.07, 6.45) is 12.8. The molecule has 4 aromatic rings. The van der Waals surface area contributed by atoms with Gasteiger partial charge in [-0.2, -0.15) is 0 Å². The molecule has 0 fully saturated rings. The molecule has 4 rings (SSSR count). The molecule has 272 valence electrons. The molecule has 51 heavy (non-hydrogen) atoms. The summed E-state index contributed by atoms with van der Waals surface area (Å²) in [5.74, 6) is 0.398. The molecule has 0 unspecified atom stereocenters. The molecular weight excluding hydrogens is 640 g/mol. The van der Waals surface area contributed by atoms with Crippen LogP contribution in [0, 0.1) is 0 Å². The Labute approximate surface area is 303 Å². The van der Waals surface area contributed by atoms with Gasteiger partial charge in [-0.25, -0.2) is 9.59 Å². The number of esters is 3. The van der Waals surface area contributed by atoms with E-state index < -0.39 is 5.97 Å². The topological polar surface area (TPSA) is 88.1 Å². The second-order valence-corrected chi connectivity index (χ2v) is 13.2. The molecule has 0 bridgehead atoms. The standard InChI is InChI=1S/C44H54O7/c1-4-6-8-12-15-33(3)50-44(47)39-22-21-38-32-41(28-25-37(38)31-39)51-43(46)36-19-17-34(18-20-36)35-23-26-40(27-24-35)48-29-13-9-10-14-30-49-42(45)16-11-7-5-2/h17-28,31-33H,4-16,29-30H2,1-3H3/t33-/m0/s1. The second-order valence-electron chi connectivity index (χ2n) is 13.2. The van der Waals surface area contributed by atoms with E-state index in [1.807, 2.05) is 61.5 Å². The SMILES string of the molecule is CCCCCC[C@H](C)OC(=O)c1ccc2cc(OC(=O)c3ccc(-c4ccc(OCCCCCCOC(=O)CCCCC)cc4)cc3)ccc2c1. The highest BCUT2D eigenvalue weighted by Crippen LogP contribution is 2.26. The fourth-order valence-electron chi connectivity index (χ4n) is 5.82. The van der Waals surface area contributed by atoms with Crippen molar-refractivity contribution in [3.63, 3.8) is 0 Å². The lowest BCUT2D eigenvalue weighted by molar-refractivity contribution is -0.143. The second kappa shape index (κ2) is 21.5. The average Bonchev–Trinajstić information content (AvgIpc) is 3.14. The Morgan fingerprint density at radius 2 is 1.16 bits per heavy atom. The van der Waals surface area contributed by atoms with Crippen LogP contribution in [0.4, 0.5) is 0 Å². The van der Waals surface area contributed by atoms with E-state index in [-0.39, 0.29) is 18.0 Å². The number of rotatable bonds is 22. The molecule has 0 heterocycles. The van der Waals surface area contributed by atoms with Crippen molar-refractivity contribution in [1.82, 2.24) is 0 Å². The van der Waals surface area contributed by atoms with Crippen LogP contribution in [0.3, 0.4) is 0 Å². The van der Waals surface area contributed by atoms with E-state index in [0.717, 1.165) is 91.9 Å². The highest BCUT2D eigenvalue weighted by atomic mass is 16.5. The van der Waals surface area contributed by atoms with Crippen molar-refractivity contribution < 1.29 is 33.3 Å². The fourth-order valence-corrected chi connectivity index (χ4v) is 5.82. The van der Waals surface area contributed by atoms with Gasteiger partial charge < -0.3 is 18.9 Å². The maximum absolute atomic E-state index is 13.0. The van der Waals surface area contributed by atoms with E-state index in [1.54, 1.807) is 30.3 Å². The van der Waals surface area contributed by atoms with Crippen LogP contribution in [0.1, 0.15) is 125 Å². The van der Waals surface area contributed by atoms with Crippen LogP contribution in [-0.4, -0.2) is 37.2 Å². The summed E-state index contributed by atoms with van der Waals surface area (Å²) >= 11 is 0. The third kappa shape index (κ3) is 13.5. The summed E-state index contributed by atoms with van der Waals surface area (Å²) < 4.78 is 22.5. The van der Waals surface area contributed by atoms with Crippen LogP contribution >= 0.6 is 0 Å². The molecule has 0 radical (unpaired) electrons. The van der Waals surface area contributed by atoms with Gasteiger partial charge >= 0.3 is 17.9 Å². The number of fused-ring (bicyclic) bond motifs is 1. The van der Waals surface area contributed by atoms with Gasteiger partial charge in [-0.15, -0.1) is 0 Å². The molecule has 0 aliphatic carbocycles. The number of benzene rings is 4. The van der Waals surface area contributed by atoms with Crippen molar-refractivity contribution >= 4 is 28.7 Å². The maximum Gasteiger partial charge on any atom is 0.343 e. The van der Waals surface area contributed by atoms with Crippen LogP contribution in [0.25, 0.3) is 21.9 Å². The molecule has 1 atom stereocenters. The monoisotopic (exact) mass is 694 g/mol. The minimum Gasteiger partial charge on any atom is -0.494 e. The number of ether oxygens (including phenoxy) is 4. The van der Waals surface area contributed by atoms with Gasteiger partial charge in [-0.3, -0.25) is 4.79 Å². The van der Waals surface area contributed by atoms with E-state index in [2.05, 4.69) is 13.8 Å². The summed E-state index contributed by atoms with van der Waals surface area (Å²) in [5.41, 5.74) is 2.96. The zero-order valence-corrected chi connectivity index (χ0v) is 30.6. The van der Waals surface area contributed by atoms with Crippen LogP contribution < -0.4 is 9.47 Å². The molecule has 0 aliphatic heterocycles. The highest BCUT2D eigenvalue weighted by Gasteiger charge is 2.14. The Balaban J connectivity index is 1.18. The zero-order chi connectivity index (χ0) is 36.3. The molecule has 4 aromatic carbocycles. The number of unbranched alkanes of at least 4 members (excludes halogenated alkanes) is 8. The van der Waals surface area contributed by atoms with Crippen LogP contribution in [0.5, 0.6) is 11.5 Å². The Kier molecular flexibility index (Phi) is 16.5. The number of carbonyl (C=O) groups is 3. The van der Waals surface area contributed by atoms with Gasteiger partial charge in [0.25, 0.3) is 0 Å². The number of hydrogen-bond acceptors (Lipinski definition) is 7. The van der Waals surface area contributed by atoms with Gasteiger partial charge in [-0.05, 0) is 122 Å². The smallest absolute Gasteiger partial charge is 0.343 e. The third-order valence-electron chi connectivity index (χ3n) is 8.89. The van der Waals surface area contributed by atoms with Crippen molar-refractivity contribution in [2.24, 2.45) is 0 Å². The highest BCUT2D eigenvalue weighted by molar-refractivity contribution is 5.96. The maximum atomic E-state index is 13.0. The Morgan fingerprint density at radius 1 is 0.569 bits per heavy atom. The lowest BCUT2D eigenvalue weighted by Gasteiger charge is -2.13. The predicted octanol–water partition coefficient (Wildman–Crippen LogP) is 11.3. The summed E-state index contributed by atoms with van der Waals surface area (Å²) in [4.78, 5) is 37.3. The molecule has 0 aliphatic rings. The Hall–Kier alpha value is -4.65. The van der Waals surface area contributed by atoms with Crippen molar-refractivity contribution in [2.45, 2.75) is 110 Å². The first kappa shape index (κ1) is 39.1. The van der Waals surface area contributed by atoms with Gasteiger partial charge in [0.15, 0.2) is 0 Å². The molecule has 7 heteroatoms. The van der Waals surface area contributed by atoms with Crippen molar-refractivity contribution in [2.75, 3.05) is 13.2 Å². The largest absolute Gasteiger partial charge is 0.494 e. The molecule has 0 N–H and O–H groups in total. The number of hydrogen-bond donors (Lipinski definition) is 0. The zero-order valence-electron chi connectivity index (χ0n) is 30.6. The molecule has 0 saturated heterocycles. The van der Waals surface area contributed by atoms with Gasteiger partial charge in [0.2, 0.25) is 0 Å². The Morgan fingerprint density at radius 3 is 1.88 bits per heavy atom. The lowest BCUT2D eigenvalue weighted by atomic mass is 10.0. The summed E-state index contributed by atoms with van der Waals surface area (Å²) in [6, 6.07) is 26.0. The summed E-state index contributed by atoms with van der Waals surface area (Å²) in [6.45, 7) is 7.38. The fraction of sp³-hybridized carbons (Fsp3) is 0.432. The van der Waals surface area contributed by atoms with Gasteiger partial charge in [0, 0.05) is 6.42 Å². The summed E-state index contributed by atoms with van der Waals surface area (Å²) in [5, 5.41) is 1.73. The van der Waals surface area contributed by atoms with E-state index in [9.17, 15) is 14.4 Å². The van der Waals surface area contributed by atoms with Crippen molar-refractivity contribution in [1.29, 1.82) is 0 Å². The minimum atomic E-state index is -0.443. The third-order valence-corrected chi connectivity index (χ3v) is 8.89. The van der Waals surface area contributed by atoms with E-state index in [0.29, 0.717) is 36.5 Å². The van der Waals surface area contributed by atoms with Gasteiger partial charge in [0.1, 0.15) is 11.5 Å².